The lowest BCUT2D eigenvalue weighted by molar-refractivity contribution is 0.102. The average Bonchev–Trinajstić information content (AvgIpc) is 3.19. The number of carbonyl (C=O) groups excluding carboxylic acids is 1. The van der Waals surface area contributed by atoms with E-state index < -0.39 is 15.9 Å². The molecule has 1 N–H and O–H groups in total. The molecule has 0 atom stereocenters. The van der Waals surface area contributed by atoms with Crippen molar-refractivity contribution in [3.05, 3.63) is 57.6 Å². The molecule has 1 aliphatic rings. The summed E-state index contributed by atoms with van der Waals surface area (Å²) in [5.74, 6) is -0.579. The molecule has 3 rings (SSSR count). The quantitative estimate of drug-likeness (QED) is 0.806. The van der Waals surface area contributed by atoms with Gasteiger partial charge in [0.2, 0.25) is 10.0 Å². The number of hydrogen-bond donors (Lipinski definition) is 1. The van der Waals surface area contributed by atoms with Crippen LogP contribution >= 0.6 is 23.2 Å². The van der Waals surface area contributed by atoms with Crippen molar-refractivity contribution in [1.29, 1.82) is 5.26 Å². The fourth-order valence-electron chi connectivity index (χ4n) is 2.80. The molecular weight excluding hydrogens is 409 g/mol. The Morgan fingerprint density at radius 1 is 1.07 bits per heavy atom. The van der Waals surface area contributed by atoms with Gasteiger partial charge in [-0.25, -0.2) is 8.42 Å². The van der Waals surface area contributed by atoms with Crippen LogP contribution in [0.15, 0.2) is 41.3 Å². The molecule has 0 unspecified atom stereocenters. The molecule has 0 aromatic heterocycles. The third kappa shape index (κ3) is 4.09. The topological polar surface area (TPSA) is 90.3 Å². The van der Waals surface area contributed by atoms with Gasteiger partial charge in [0.25, 0.3) is 5.91 Å². The number of halogens is 2. The summed E-state index contributed by atoms with van der Waals surface area (Å²) in [4.78, 5) is 12.6. The van der Waals surface area contributed by atoms with Crippen LogP contribution in [-0.4, -0.2) is 31.7 Å². The Morgan fingerprint density at radius 2 is 1.74 bits per heavy atom. The highest BCUT2D eigenvalue weighted by molar-refractivity contribution is 7.89. The predicted molar refractivity (Wildman–Crippen MR) is 104 cm³/mol. The molecule has 0 radical (unpaired) electrons. The van der Waals surface area contributed by atoms with E-state index in [0.717, 1.165) is 12.8 Å². The van der Waals surface area contributed by atoms with Gasteiger partial charge < -0.3 is 5.32 Å². The summed E-state index contributed by atoms with van der Waals surface area (Å²) in [5.41, 5.74) is 0.598. The molecule has 1 fully saturated rings. The molecule has 1 saturated heterocycles. The number of hydrogen-bond acceptors (Lipinski definition) is 4. The van der Waals surface area contributed by atoms with Gasteiger partial charge in [-0.05, 0) is 49.2 Å². The van der Waals surface area contributed by atoms with Crippen molar-refractivity contribution in [3.63, 3.8) is 0 Å². The number of nitrogens with one attached hydrogen (secondary N) is 1. The van der Waals surface area contributed by atoms with E-state index in [0.29, 0.717) is 18.8 Å². The summed E-state index contributed by atoms with van der Waals surface area (Å²) in [6, 6.07) is 10.4. The second-order valence-electron chi connectivity index (χ2n) is 6.01. The zero-order valence-corrected chi connectivity index (χ0v) is 16.4. The van der Waals surface area contributed by atoms with Gasteiger partial charge in [0.1, 0.15) is 6.07 Å². The predicted octanol–water partition coefficient (Wildman–Crippen LogP) is 3.90. The van der Waals surface area contributed by atoms with Gasteiger partial charge in [-0.3, -0.25) is 4.79 Å². The number of nitriles is 1. The number of amides is 1. The first-order chi connectivity index (χ1) is 12.8. The maximum absolute atomic E-state index is 12.7. The molecule has 0 spiro atoms. The summed E-state index contributed by atoms with van der Waals surface area (Å²) in [6.45, 7) is 0.933. The van der Waals surface area contributed by atoms with Gasteiger partial charge in [0.15, 0.2) is 0 Å². The lowest BCUT2D eigenvalue weighted by Gasteiger charge is -2.16. The first-order valence-electron chi connectivity index (χ1n) is 8.13. The normalized spacial score (nSPS) is 14.7. The molecule has 1 heterocycles. The van der Waals surface area contributed by atoms with Crippen LogP contribution < -0.4 is 5.32 Å². The van der Waals surface area contributed by atoms with Crippen molar-refractivity contribution in [2.45, 2.75) is 17.7 Å². The Hall–Kier alpha value is -2.11. The number of nitrogens with zero attached hydrogens (tertiary/aromatic N) is 2. The zero-order valence-electron chi connectivity index (χ0n) is 14.1. The largest absolute Gasteiger partial charge is 0.322 e. The van der Waals surface area contributed by atoms with E-state index in [1.165, 1.54) is 34.6 Å². The van der Waals surface area contributed by atoms with Gasteiger partial charge in [-0.1, -0.05) is 23.2 Å². The van der Waals surface area contributed by atoms with Crippen molar-refractivity contribution < 1.29 is 13.2 Å². The summed E-state index contributed by atoms with van der Waals surface area (Å²) >= 11 is 12.0. The molecule has 6 nitrogen and oxygen atoms in total. The lowest BCUT2D eigenvalue weighted by atomic mass is 10.2. The van der Waals surface area contributed by atoms with Crippen LogP contribution in [0.3, 0.4) is 0 Å². The average molecular weight is 424 g/mol. The second-order valence-corrected chi connectivity index (χ2v) is 8.77. The van der Waals surface area contributed by atoms with E-state index in [9.17, 15) is 13.2 Å². The number of carbonyl (C=O) groups is 1. The summed E-state index contributed by atoms with van der Waals surface area (Å²) in [6.07, 6.45) is 1.63. The second kappa shape index (κ2) is 7.87. The molecule has 0 saturated carbocycles. The van der Waals surface area contributed by atoms with E-state index in [1.54, 1.807) is 6.07 Å². The number of sulfonamides is 1. The summed E-state index contributed by atoms with van der Waals surface area (Å²) < 4.78 is 26.8. The Balaban J connectivity index is 1.90. The highest BCUT2D eigenvalue weighted by atomic mass is 35.5. The minimum Gasteiger partial charge on any atom is -0.322 e. The van der Waals surface area contributed by atoms with Gasteiger partial charge in [-0.2, -0.15) is 9.57 Å². The third-order valence-corrected chi connectivity index (χ3v) is 6.78. The fourth-order valence-corrected chi connectivity index (χ4v) is 4.71. The highest BCUT2D eigenvalue weighted by Gasteiger charge is 2.28. The molecule has 140 valence electrons. The fraction of sp³-hybridized carbons (Fsp3) is 0.222. The zero-order chi connectivity index (χ0) is 19.6. The van der Waals surface area contributed by atoms with Crippen LogP contribution in [0, 0.1) is 11.3 Å². The number of benzene rings is 2. The van der Waals surface area contributed by atoms with Crippen LogP contribution in [-0.2, 0) is 10.0 Å². The van der Waals surface area contributed by atoms with E-state index in [4.69, 9.17) is 28.5 Å². The smallest absolute Gasteiger partial charge is 0.257 e. The van der Waals surface area contributed by atoms with Gasteiger partial charge >= 0.3 is 0 Å². The molecule has 1 aliphatic heterocycles. The molecule has 0 aliphatic carbocycles. The summed E-state index contributed by atoms with van der Waals surface area (Å²) in [5, 5.41) is 12.0. The van der Waals surface area contributed by atoms with Crippen LogP contribution in [0.2, 0.25) is 10.0 Å². The maximum Gasteiger partial charge on any atom is 0.257 e. The van der Waals surface area contributed by atoms with E-state index >= 15 is 0 Å². The minimum atomic E-state index is -3.67. The monoisotopic (exact) mass is 423 g/mol. The Morgan fingerprint density at radius 3 is 2.41 bits per heavy atom. The number of anilines is 1. The third-order valence-electron chi connectivity index (χ3n) is 4.23. The van der Waals surface area contributed by atoms with Gasteiger partial charge in [0, 0.05) is 18.8 Å². The standard InChI is InChI=1S/C18H15Cl2N3O3S/c19-16-5-3-13(9-12(16)11-21)22-18(24)15-10-14(4-6-17(15)20)27(25,26)23-7-1-2-8-23/h3-6,9-10H,1-2,7-8H2,(H,22,24). The van der Waals surface area contributed by atoms with Crippen molar-refractivity contribution >= 4 is 44.8 Å². The first-order valence-corrected chi connectivity index (χ1v) is 10.3. The van der Waals surface area contributed by atoms with Crippen LogP contribution in [0.25, 0.3) is 0 Å². The molecular formula is C18H15Cl2N3O3S. The van der Waals surface area contributed by atoms with Gasteiger partial charge in [0.05, 0.1) is 26.1 Å². The van der Waals surface area contributed by atoms with E-state index in [2.05, 4.69) is 5.32 Å². The maximum atomic E-state index is 12.7. The van der Waals surface area contributed by atoms with Crippen molar-refractivity contribution in [3.8, 4) is 6.07 Å². The highest BCUT2D eigenvalue weighted by Crippen LogP contribution is 2.26. The molecule has 2 aromatic carbocycles. The van der Waals surface area contributed by atoms with E-state index in [-0.39, 0.29) is 26.1 Å². The van der Waals surface area contributed by atoms with E-state index in [1.807, 2.05) is 6.07 Å². The van der Waals surface area contributed by atoms with Crippen LogP contribution in [0.1, 0.15) is 28.8 Å². The molecule has 27 heavy (non-hydrogen) atoms. The molecule has 9 heteroatoms. The van der Waals surface area contributed by atoms with Crippen molar-refractivity contribution in [1.82, 2.24) is 4.31 Å². The van der Waals surface area contributed by atoms with Crippen LogP contribution in [0.4, 0.5) is 5.69 Å². The first kappa shape index (κ1) is 19.6. The molecule has 1 amide bonds. The van der Waals surface area contributed by atoms with Crippen molar-refractivity contribution in [2.24, 2.45) is 0 Å². The Kier molecular flexibility index (Phi) is 5.72. The Labute approximate surface area is 167 Å². The Bertz CT molecular complexity index is 1040. The lowest BCUT2D eigenvalue weighted by Crippen LogP contribution is -2.28. The SMILES string of the molecule is N#Cc1cc(NC(=O)c2cc(S(=O)(=O)N3CCCC3)ccc2Cl)ccc1Cl. The molecule has 0 bridgehead atoms. The van der Waals surface area contributed by atoms with Gasteiger partial charge in [-0.15, -0.1) is 0 Å². The minimum absolute atomic E-state index is 0.0211. The van der Waals surface area contributed by atoms with Crippen LogP contribution in [0.5, 0.6) is 0 Å². The van der Waals surface area contributed by atoms with Crippen molar-refractivity contribution in [2.75, 3.05) is 18.4 Å². The number of rotatable bonds is 4. The summed E-state index contributed by atoms with van der Waals surface area (Å²) in [7, 11) is -3.67. The molecule has 2 aromatic rings.